The van der Waals surface area contributed by atoms with Gasteiger partial charge in [0.2, 0.25) is 0 Å². The molecule has 0 aromatic heterocycles. The van der Waals surface area contributed by atoms with Crippen LogP contribution in [0, 0.1) is 0 Å². The summed E-state index contributed by atoms with van der Waals surface area (Å²) in [4.78, 5) is 0. The first-order valence-corrected chi connectivity index (χ1v) is 4.27. The van der Waals surface area contributed by atoms with Gasteiger partial charge in [-0.1, -0.05) is 18.2 Å². The number of benzene rings is 1. The van der Waals surface area contributed by atoms with E-state index < -0.39 is 0 Å². The van der Waals surface area contributed by atoms with Crippen LogP contribution in [-0.4, -0.2) is 19.8 Å². The fourth-order valence-electron chi connectivity index (χ4n) is 1.37. The molecule has 0 spiro atoms. The third kappa shape index (κ3) is 1.59. The normalized spacial score (nSPS) is 20.6. The molecular weight excluding hydrogens is 150 g/mol. The molecule has 0 bridgehead atoms. The quantitative estimate of drug-likeness (QED) is 0.685. The first-order chi connectivity index (χ1) is 5.90. The smallest absolute Gasteiger partial charge is 0.0850 e. The zero-order valence-electron chi connectivity index (χ0n) is 7.21. The predicted octanol–water partition coefficient (Wildman–Crippen LogP) is 1.67. The highest BCUT2D eigenvalue weighted by Gasteiger charge is 2.23. The average molecular weight is 163 g/mol. The highest BCUT2D eigenvalue weighted by atomic mass is 16.6. The molecule has 2 nitrogen and oxygen atoms in total. The summed E-state index contributed by atoms with van der Waals surface area (Å²) in [5.41, 5.74) is 2.57. The van der Waals surface area contributed by atoms with E-state index in [2.05, 4.69) is 23.5 Å². The lowest BCUT2D eigenvalue weighted by Crippen LogP contribution is -1.98. The van der Waals surface area contributed by atoms with Gasteiger partial charge in [0.25, 0.3) is 0 Å². The van der Waals surface area contributed by atoms with Crippen LogP contribution >= 0.6 is 0 Å². The molecule has 0 aliphatic carbocycles. The molecule has 1 unspecified atom stereocenters. The average Bonchev–Trinajstić information content (AvgIpc) is 2.89. The Hall–Kier alpha value is -1.02. The predicted molar refractivity (Wildman–Crippen MR) is 49.4 cm³/mol. The third-order valence-corrected chi connectivity index (χ3v) is 2.14. The monoisotopic (exact) mass is 163 g/mol. The van der Waals surface area contributed by atoms with Crippen LogP contribution in [0.15, 0.2) is 24.3 Å². The van der Waals surface area contributed by atoms with Crippen molar-refractivity contribution in [2.24, 2.45) is 0 Å². The van der Waals surface area contributed by atoms with Gasteiger partial charge in [-0.25, -0.2) is 0 Å². The topological polar surface area (TPSA) is 24.6 Å². The van der Waals surface area contributed by atoms with Crippen LogP contribution in [0.5, 0.6) is 0 Å². The lowest BCUT2D eigenvalue weighted by Gasteiger charge is -2.06. The van der Waals surface area contributed by atoms with Gasteiger partial charge in [-0.3, -0.25) is 0 Å². The molecule has 1 N–H and O–H groups in total. The van der Waals surface area contributed by atoms with Gasteiger partial charge in [0.1, 0.15) is 0 Å². The minimum absolute atomic E-state index is 0.472. The van der Waals surface area contributed by atoms with Crippen LogP contribution in [0.2, 0.25) is 0 Å². The number of anilines is 1. The number of hydrogen-bond acceptors (Lipinski definition) is 2. The number of para-hydroxylation sites is 1. The molecule has 1 fully saturated rings. The molecule has 1 aromatic carbocycles. The van der Waals surface area contributed by atoms with Gasteiger partial charge >= 0.3 is 0 Å². The Morgan fingerprint density at radius 1 is 1.50 bits per heavy atom. The fourth-order valence-corrected chi connectivity index (χ4v) is 1.37. The van der Waals surface area contributed by atoms with E-state index in [1.807, 2.05) is 13.1 Å². The van der Waals surface area contributed by atoms with Crippen molar-refractivity contribution in [2.75, 3.05) is 19.0 Å². The minimum Gasteiger partial charge on any atom is -0.388 e. The molecule has 1 heterocycles. The van der Waals surface area contributed by atoms with Crippen LogP contribution < -0.4 is 5.32 Å². The van der Waals surface area contributed by atoms with Crippen molar-refractivity contribution in [2.45, 2.75) is 12.5 Å². The van der Waals surface area contributed by atoms with E-state index in [0.717, 1.165) is 13.0 Å². The van der Waals surface area contributed by atoms with Gasteiger partial charge in [0.15, 0.2) is 0 Å². The SMILES string of the molecule is CNc1ccccc1CC1CO1. The Morgan fingerprint density at radius 2 is 2.25 bits per heavy atom. The Kier molecular flexibility index (Phi) is 2.00. The van der Waals surface area contributed by atoms with Gasteiger partial charge in [-0.15, -0.1) is 0 Å². The van der Waals surface area contributed by atoms with Gasteiger partial charge in [-0.2, -0.15) is 0 Å². The van der Waals surface area contributed by atoms with Gasteiger partial charge in [-0.05, 0) is 11.6 Å². The van der Waals surface area contributed by atoms with Gasteiger partial charge in [0, 0.05) is 19.2 Å². The van der Waals surface area contributed by atoms with Crippen molar-refractivity contribution < 1.29 is 4.74 Å². The largest absolute Gasteiger partial charge is 0.388 e. The van der Waals surface area contributed by atoms with E-state index >= 15 is 0 Å². The molecule has 64 valence electrons. The van der Waals surface area contributed by atoms with E-state index in [1.54, 1.807) is 0 Å². The van der Waals surface area contributed by atoms with Crippen molar-refractivity contribution >= 4 is 5.69 Å². The maximum absolute atomic E-state index is 5.18. The number of rotatable bonds is 3. The summed E-state index contributed by atoms with van der Waals surface area (Å²) in [5.74, 6) is 0. The second-order valence-electron chi connectivity index (χ2n) is 3.07. The molecule has 0 saturated carbocycles. The molecule has 1 aliphatic heterocycles. The Morgan fingerprint density at radius 3 is 2.92 bits per heavy atom. The fraction of sp³-hybridized carbons (Fsp3) is 0.400. The van der Waals surface area contributed by atoms with E-state index in [1.165, 1.54) is 11.3 Å². The van der Waals surface area contributed by atoms with Crippen molar-refractivity contribution in [3.63, 3.8) is 0 Å². The van der Waals surface area contributed by atoms with E-state index in [0.29, 0.717) is 6.10 Å². The van der Waals surface area contributed by atoms with Gasteiger partial charge in [0.05, 0.1) is 12.7 Å². The summed E-state index contributed by atoms with van der Waals surface area (Å²) in [6.07, 6.45) is 1.51. The molecule has 0 radical (unpaired) electrons. The first-order valence-electron chi connectivity index (χ1n) is 4.27. The van der Waals surface area contributed by atoms with Crippen LogP contribution in [0.1, 0.15) is 5.56 Å². The molecule has 12 heavy (non-hydrogen) atoms. The Labute approximate surface area is 72.5 Å². The van der Waals surface area contributed by atoms with Crippen LogP contribution in [0.25, 0.3) is 0 Å². The standard InChI is InChI=1S/C10H13NO/c1-11-10-5-3-2-4-8(10)6-9-7-12-9/h2-5,9,11H,6-7H2,1H3. The van der Waals surface area contributed by atoms with E-state index in [4.69, 9.17) is 4.74 Å². The summed E-state index contributed by atoms with van der Waals surface area (Å²) >= 11 is 0. The highest BCUT2D eigenvalue weighted by Crippen LogP contribution is 2.21. The minimum atomic E-state index is 0.472. The van der Waals surface area contributed by atoms with Crippen LogP contribution in [0.4, 0.5) is 5.69 Å². The molecule has 1 aliphatic rings. The summed E-state index contributed by atoms with van der Waals surface area (Å²) in [5, 5.41) is 3.17. The number of hydrogen-bond donors (Lipinski definition) is 1. The third-order valence-electron chi connectivity index (χ3n) is 2.14. The van der Waals surface area contributed by atoms with Crippen LogP contribution in [0.3, 0.4) is 0 Å². The number of ether oxygens (including phenoxy) is 1. The maximum Gasteiger partial charge on any atom is 0.0850 e. The molecule has 0 amide bonds. The molecule has 1 saturated heterocycles. The highest BCUT2D eigenvalue weighted by molar-refractivity contribution is 5.50. The van der Waals surface area contributed by atoms with E-state index in [-0.39, 0.29) is 0 Å². The summed E-state index contributed by atoms with van der Waals surface area (Å²) in [7, 11) is 1.95. The molecule has 1 aromatic rings. The second-order valence-corrected chi connectivity index (χ2v) is 3.07. The molecule has 2 rings (SSSR count). The lowest BCUT2D eigenvalue weighted by molar-refractivity contribution is 0.408. The van der Waals surface area contributed by atoms with Gasteiger partial charge < -0.3 is 10.1 Å². The number of epoxide rings is 1. The van der Waals surface area contributed by atoms with Crippen molar-refractivity contribution in [3.8, 4) is 0 Å². The molecule has 1 atom stereocenters. The summed E-state index contributed by atoms with van der Waals surface area (Å²) in [6, 6.07) is 8.35. The zero-order valence-corrected chi connectivity index (χ0v) is 7.21. The molecule has 2 heteroatoms. The lowest BCUT2D eigenvalue weighted by atomic mass is 10.1. The Bertz CT molecular complexity index is 268. The summed E-state index contributed by atoms with van der Waals surface area (Å²) in [6.45, 7) is 0.929. The maximum atomic E-state index is 5.18. The van der Waals surface area contributed by atoms with E-state index in [9.17, 15) is 0 Å². The first kappa shape index (κ1) is 7.62. The van der Waals surface area contributed by atoms with Crippen LogP contribution in [-0.2, 0) is 11.2 Å². The van der Waals surface area contributed by atoms with Crippen molar-refractivity contribution in [3.05, 3.63) is 29.8 Å². The zero-order chi connectivity index (χ0) is 8.39. The summed E-state index contributed by atoms with van der Waals surface area (Å²) < 4.78 is 5.18. The second kappa shape index (κ2) is 3.15. The number of nitrogens with one attached hydrogen (secondary N) is 1. The van der Waals surface area contributed by atoms with Crippen molar-refractivity contribution in [1.29, 1.82) is 0 Å². The Balaban J connectivity index is 2.15. The van der Waals surface area contributed by atoms with Crippen molar-refractivity contribution in [1.82, 2.24) is 0 Å². The molecular formula is C10H13NO.